The van der Waals surface area contributed by atoms with Crippen LogP contribution in [0, 0.1) is 0 Å². The minimum atomic E-state index is -1.23. The highest BCUT2D eigenvalue weighted by atomic mass is 16.6. The SMILES string of the molecule is COC(=O)C1CN(C(=O)c2ncccc2C(=O)O)CCO1. The van der Waals surface area contributed by atoms with Crippen molar-refractivity contribution in [3.8, 4) is 0 Å². The van der Waals surface area contributed by atoms with Gasteiger partial charge in [0.25, 0.3) is 5.91 Å². The lowest BCUT2D eigenvalue weighted by molar-refractivity contribution is -0.158. The Balaban J connectivity index is 2.20. The number of pyridine rings is 1. The number of amides is 1. The van der Waals surface area contributed by atoms with Gasteiger partial charge in [0.2, 0.25) is 0 Å². The molecule has 1 saturated heterocycles. The van der Waals surface area contributed by atoms with E-state index in [1.54, 1.807) is 0 Å². The summed E-state index contributed by atoms with van der Waals surface area (Å²) in [7, 11) is 1.23. The summed E-state index contributed by atoms with van der Waals surface area (Å²) in [6, 6.07) is 2.75. The summed E-state index contributed by atoms with van der Waals surface area (Å²) in [4.78, 5) is 40.1. The van der Waals surface area contributed by atoms with Gasteiger partial charge in [0.05, 0.1) is 25.8 Å². The number of carboxylic acid groups (broad SMARTS) is 1. The van der Waals surface area contributed by atoms with Gasteiger partial charge in [-0.1, -0.05) is 0 Å². The molecular formula is C13H14N2O6. The van der Waals surface area contributed by atoms with Crippen molar-refractivity contribution in [3.63, 3.8) is 0 Å². The molecule has 1 aliphatic rings. The molecule has 1 N–H and O–H groups in total. The first kappa shape index (κ1) is 14.9. The van der Waals surface area contributed by atoms with Gasteiger partial charge in [-0.15, -0.1) is 0 Å². The summed E-state index contributed by atoms with van der Waals surface area (Å²) in [5.41, 5.74) is -0.334. The van der Waals surface area contributed by atoms with E-state index in [4.69, 9.17) is 9.84 Å². The third kappa shape index (κ3) is 3.16. The molecule has 0 radical (unpaired) electrons. The Kier molecular flexibility index (Phi) is 4.49. The van der Waals surface area contributed by atoms with Gasteiger partial charge in [-0.25, -0.2) is 9.59 Å². The molecule has 2 heterocycles. The van der Waals surface area contributed by atoms with Gasteiger partial charge in [-0.2, -0.15) is 0 Å². The fourth-order valence-electron chi connectivity index (χ4n) is 2.01. The third-order valence-corrected chi connectivity index (χ3v) is 3.06. The Bertz CT molecular complexity index is 574. The molecule has 1 fully saturated rings. The Morgan fingerprint density at radius 3 is 2.90 bits per heavy atom. The molecule has 0 saturated carbocycles. The molecule has 1 aromatic rings. The summed E-state index contributed by atoms with van der Waals surface area (Å²) < 4.78 is 9.79. The van der Waals surface area contributed by atoms with Crippen LogP contribution in [0.15, 0.2) is 18.3 Å². The van der Waals surface area contributed by atoms with Gasteiger partial charge in [0, 0.05) is 12.7 Å². The molecule has 21 heavy (non-hydrogen) atoms. The van der Waals surface area contributed by atoms with E-state index in [1.165, 1.54) is 30.3 Å². The summed E-state index contributed by atoms with van der Waals surface area (Å²) in [5.74, 6) is -2.36. The zero-order valence-electron chi connectivity index (χ0n) is 11.3. The van der Waals surface area contributed by atoms with Crippen LogP contribution in [0.4, 0.5) is 0 Å². The zero-order valence-corrected chi connectivity index (χ0v) is 11.3. The largest absolute Gasteiger partial charge is 0.478 e. The highest BCUT2D eigenvalue weighted by Gasteiger charge is 2.32. The van der Waals surface area contributed by atoms with Gasteiger partial charge >= 0.3 is 11.9 Å². The van der Waals surface area contributed by atoms with Crippen LogP contribution in [0.5, 0.6) is 0 Å². The minimum absolute atomic E-state index is 0.00113. The van der Waals surface area contributed by atoms with Crippen molar-refractivity contribution in [2.45, 2.75) is 6.10 Å². The number of methoxy groups -OCH3 is 1. The molecule has 112 valence electrons. The Morgan fingerprint density at radius 2 is 2.24 bits per heavy atom. The monoisotopic (exact) mass is 294 g/mol. The van der Waals surface area contributed by atoms with E-state index >= 15 is 0 Å². The van der Waals surface area contributed by atoms with Gasteiger partial charge in [0.1, 0.15) is 5.69 Å². The molecule has 1 aromatic heterocycles. The number of aromatic nitrogens is 1. The minimum Gasteiger partial charge on any atom is -0.478 e. The van der Waals surface area contributed by atoms with Crippen LogP contribution in [0.3, 0.4) is 0 Å². The van der Waals surface area contributed by atoms with Crippen LogP contribution in [-0.4, -0.2) is 65.7 Å². The fourth-order valence-corrected chi connectivity index (χ4v) is 2.01. The highest BCUT2D eigenvalue weighted by Crippen LogP contribution is 2.13. The number of carbonyl (C=O) groups excluding carboxylic acids is 2. The normalized spacial score (nSPS) is 18.1. The van der Waals surface area contributed by atoms with Crippen LogP contribution in [0.25, 0.3) is 0 Å². The molecule has 1 aliphatic heterocycles. The predicted octanol–water partition coefficient (Wildman–Crippen LogP) is -0.206. The van der Waals surface area contributed by atoms with E-state index in [2.05, 4.69) is 9.72 Å². The average Bonchev–Trinajstić information content (AvgIpc) is 2.53. The highest BCUT2D eigenvalue weighted by molar-refractivity contribution is 6.03. The number of morpholine rings is 1. The molecule has 8 heteroatoms. The maximum Gasteiger partial charge on any atom is 0.338 e. The van der Waals surface area contributed by atoms with Crippen LogP contribution < -0.4 is 0 Å². The molecule has 1 amide bonds. The number of hydrogen-bond donors (Lipinski definition) is 1. The van der Waals surface area contributed by atoms with E-state index < -0.39 is 23.9 Å². The number of carboxylic acids is 1. The summed E-state index contributed by atoms with van der Waals surface area (Å²) in [6.45, 7) is 0.420. The van der Waals surface area contributed by atoms with Crippen LogP contribution in [0.1, 0.15) is 20.8 Å². The summed E-state index contributed by atoms with van der Waals surface area (Å²) >= 11 is 0. The fraction of sp³-hybridized carbons (Fsp3) is 0.385. The van der Waals surface area contributed by atoms with Crippen molar-refractivity contribution in [1.82, 2.24) is 9.88 Å². The van der Waals surface area contributed by atoms with Crippen molar-refractivity contribution >= 4 is 17.8 Å². The van der Waals surface area contributed by atoms with Gasteiger partial charge in [-0.3, -0.25) is 9.78 Å². The lowest BCUT2D eigenvalue weighted by atomic mass is 10.1. The molecule has 1 atom stereocenters. The molecule has 1 unspecified atom stereocenters. The Morgan fingerprint density at radius 1 is 1.48 bits per heavy atom. The molecular weight excluding hydrogens is 280 g/mol. The van der Waals surface area contributed by atoms with Crippen LogP contribution in [-0.2, 0) is 14.3 Å². The van der Waals surface area contributed by atoms with E-state index in [0.29, 0.717) is 0 Å². The standard InChI is InChI=1S/C13H14N2O6/c1-20-13(19)9-7-15(5-6-21-9)11(16)10-8(12(17)18)3-2-4-14-10/h2-4,9H,5-7H2,1H3,(H,17,18). The first-order chi connectivity index (χ1) is 10.0. The lowest BCUT2D eigenvalue weighted by Gasteiger charge is -2.31. The zero-order chi connectivity index (χ0) is 15.4. The van der Waals surface area contributed by atoms with Crippen molar-refractivity contribution < 1.29 is 29.0 Å². The molecule has 0 bridgehead atoms. The van der Waals surface area contributed by atoms with Crippen molar-refractivity contribution in [3.05, 3.63) is 29.6 Å². The van der Waals surface area contributed by atoms with E-state index in [0.717, 1.165) is 0 Å². The smallest absolute Gasteiger partial charge is 0.338 e. The predicted molar refractivity (Wildman–Crippen MR) is 68.9 cm³/mol. The quantitative estimate of drug-likeness (QED) is 0.769. The topological polar surface area (TPSA) is 106 Å². The average molecular weight is 294 g/mol. The second-order valence-electron chi connectivity index (χ2n) is 4.34. The lowest BCUT2D eigenvalue weighted by Crippen LogP contribution is -2.49. The molecule has 0 aromatic carbocycles. The number of aromatic carboxylic acids is 1. The maximum atomic E-state index is 12.4. The summed E-state index contributed by atoms with van der Waals surface area (Å²) in [6.07, 6.45) is 0.474. The maximum absolute atomic E-state index is 12.4. The van der Waals surface area contributed by atoms with Crippen LogP contribution in [0.2, 0.25) is 0 Å². The second kappa shape index (κ2) is 6.31. The molecule has 2 rings (SSSR count). The first-order valence-electron chi connectivity index (χ1n) is 6.21. The van der Waals surface area contributed by atoms with Gasteiger partial charge in [0.15, 0.2) is 6.10 Å². The molecule has 0 spiro atoms. The van der Waals surface area contributed by atoms with Crippen molar-refractivity contribution in [1.29, 1.82) is 0 Å². The van der Waals surface area contributed by atoms with Crippen molar-refractivity contribution in [2.75, 3.05) is 26.8 Å². The van der Waals surface area contributed by atoms with Gasteiger partial charge in [-0.05, 0) is 12.1 Å². The third-order valence-electron chi connectivity index (χ3n) is 3.06. The first-order valence-corrected chi connectivity index (χ1v) is 6.21. The number of esters is 1. The van der Waals surface area contributed by atoms with Gasteiger partial charge < -0.3 is 19.5 Å². The van der Waals surface area contributed by atoms with E-state index in [9.17, 15) is 14.4 Å². The Labute approximate surface area is 120 Å². The van der Waals surface area contributed by atoms with Crippen molar-refractivity contribution in [2.24, 2.45) is 0 Å². The summed E-state index contributed by atoms with van der Waals surface area (Å²) in [5, 5.41) is 9.08. The van der Waals surface area contributed by atoms with E-state index in [1.807, 2.05) is 0 Å². The second-order valence-corrected chi connectivity index (χ2v) is 4.34. The number of carbonyl (C=O) groups is 3. The molecule has 0 aliphatic carbocycles. The Hall–Kier alpha value is -2.48. The number of ether oxygens (including phenoxy) is 2. The van der Waals surface area contributed by atoms with Crippen LogP contribution >= 0.6 is 0 Å². The van der Waals surface area contributed by atoms with E-state index in [-0.39, 0.29) is 31.0 Å². The number of nitrogens with zero attached hydrogens (tertiary/aromatic N) is 2. The number of hydrogen-bond acceptors (Lipinski definition) is 6. The number of rotatable bonds is 3. The molecule has 8 nitrogen and oxygen atoms in total.